The molecule has 0 saturated carbocycles. The Morgan fingerprint density at radius 2 is 1.90 bits per heavy atom. The molecule has 1 unspecified atom stereocenters. The van der Waals surface area contributed by atoms with E-state index in [0.29, 0.717) is 17.9 Å². The minimum atomic E-state index is -0.798. The van der Waals surface area contributed by atoms with Crippen molar-refractivity contribution in [2.45, 2.75) is 45.8 Å². The van der Waals surface area contributed by atoms with Gasteiger partial charge in [0.2, 0.25) is 0 Å². The monoisotopic (exact) mass is 292 g/mol. The van der Waals surface area contributed by atoms with Gasteiger partial charge in [0.1, 0.15) is 0 Å². The third-order valence-electron chi connectivity index (χ3n) is 3.35. The average Bonchev–Trinajstić information content (AvgIpc) is 2.71. The normalized spacial score (nSPS) is 14.2. The van der Waals surface area contributed by atoms with Crippen LogP contribution in [0.1, 0.15) is 30.8 Å². The highest BCUT2D eigenvalue weighted by atomic mass is 35.5. The molecule has 1 aromatic carbocycles. The molecule has 1 aromatic heterocycles. The third-order valence-corrected chi connectivity index (χ3v) is 3.60. The number of aryl methyl sites for hydroxylation is 2. The predicted octanol–water partition coefficient (Wildman–Crippen LogP) is 3.40. The van der Waals surface area contributed by atoms with Crippen molar-refractivity contribution in [3.8, 4) is 0 Å². The molecular formula is C16H21ClN2O. The molecule has 1 heterocycles. The maximum Gasteiger partial charge on any atom is 0.0715 e. The SMILES string of the molecule is CCn1nc(C)cc1CC(C)(O)Cc1ccc(Cl)cc1. The fourth-order valence-corrected chi connectivity index (χ4v) is 2.64. The van der Waals surface area contributed by atoms with Crippen molar-refractivity contribution >= 4 is 11.6 Å². The van der Waals surface area contributed by atoms with E-state index >= 15 is 0 Å². The average molecular weight is 293 g/mol. The molecule has 0 spiro atoms. The van der Waals surface area contributed by atoms with E-state index in [9.17, 15) is 5.11 Å². The fraction of sp³-hybridized carbons (Fsp3) is 0.438. The van der Waals surface area contributed by atoms with E-state index in [0.717, 1.165) is 23.5 Å². The molecule has 0 saturated heterocycles. The Hall–Kier alpha value is -1.32. The van der Waals surface area contributed by atoms with Crippen molar-refractivity contribution in [1.82, 2.24) is 9.78 Å². The van der Waals surface area contributed by atoms with Crippen LogP contribution >= 0.6 is 11.6 Å². The molecule has 108 valence electrons. The van der Waals surface area contributed by atoms with Crippen molar-refractivity contribution in [2.75, 3.05) is 0 Å². The number of halogens is 1. The van der Waals surface area contributed by atoms with Gasteiger partial charge < -0.3 is 5.11 Å². The molecule has 2 aromatic rings. The second kappa shape index (κ2) is 5.98. The van der Waals surface area contributed by atoms with Gasteiger partial charge in [0.25, 0.3) is 0 Å². The standard InChI is InChI=1S/C16H21ClN2O/c1-4-19-15(9-12(2)18-19)11-16(3,20)10-13-5-7-14(17)8-6-13/h5-9,20H,4,10-11H2,1-3H3. The Morgan fingerprint density at radius 3 is 2.50 bits per heavy atom. The van der Waals surface area contributed by atoms with E-state index in [1.807, 2.05) is 48.9 Å². The van der Waals surface area contributed by atoms with Gasteiger partial charge in [-0.1, -0.05) is 23.7 Å². The number of nitrogens with zero attached hydrogens (tertiary/aromatic N) is 2. The molecule has 0 aliphatic rings. The summed E-state index contributed by atoms with van der Waals surface area (Å²) in [5, 5.41) is 15.8. The summed E-state index contributed by atoms with van der Waals surface area (Å²) >= 11 is 5.88. The van der Waals surface area contributed by atoms with Crippen LogP contribution in [0, 0.1) is 6.92 Å². The lowest BCUT2D eigenvalue weighted by Crippen LogP contribution is -2.31. The maximum absolute atomic E-state index is 10.6. The summed E-state index contributed by atoms with van der Waals surface area (Å²) in [6.07, 6.45) is 1.18. The highest BCUT2D eigenvalue weighted by Gasteiger charge is 2.23. The van der Waals surface area contributed by atoms with Crippen LogP contribution in [0.25, 0.3) is 0 Å². The van der Waals surface area contributed by atoms with E-state index in [4.69, 9.17) is 11.6 Å². The van der Waals surface area contributed by atoms with E-state index in [2.05, 4.69) is 12.0 Å². The van der Waals surface area contributed by atoms with Crippen LogP contribution in [-0.4, -0.2) is 20.5 Å². The van der Waals surface area contributed by atoms with Crippen LogP contribution in [0.4, 0.5) is 0 Å². The number of rotatable bonds is 5. The topological polar surface area (TPSA) is 38.0 Å². The first-order valence-electron chi connectivity index (χ1n) is 6.90. The van der Waals surface area contributed by atoms with E-state index in [1.54, 1.807) is 0 Å². The first-order chi connectivity index (χ1) is 9.39. The molecule has 0 amide bonds. The highest BCUT2D eigenvalue weighted by molar-refractivity contribution is 6.30. The minimum Gasteiger partial charge on any atom is -0.389 e. The molecule has 0 aliphatic carbocycles. The van der Waals surface area contributed by atoms with Gasteiger partial charge in [-0.3, -0.25) is 4.68 Å². The molecule has 1 N–H and O–H groups in total. The molecule has 20 heavy (non-hydrogen) atoms. The van der Waals surface area contributed by atoms with Crippen molar-refractivity contribution < 1.29 is 5.11 Å². The Bertz CT molecular complexity index is 573. The van der Waals surface area contributed by atoms with E-state index in [-0.39, 0.29) is 0 Å². The molecular weight excluding hydrogens is 272 g/mol. The lowest BCUT2D eigenvalue weighted by molar-refractivity contribution is 0.0587. The summed E-state index contributed by atoms with van der Waals surface area (Å²) in [6, 6.07) is 9.67. The number of hydrogen-bond acceptors (Lipinski definition) is 2. The largest absolute Gasteiger partial charge is 0.389 e. The zero-order valence-electron chi connectivity index (χ0n) is 12.2. The highest BCUT2D eigenvalue weighted by Crippen LogP contribution is 2.20. The molecule has 1 atom stereocenters. The van der Waals surface area contributed by atoms with Crippen LogP contribution in [0.5, 0.6) is 0 Å². The van der Waals surface area contributed by atoms with Crippen LogP contribution in [0.15, 0.2) is 30.3 Å². The third kappa shape index (κ3) is 3.84. The summed E-state index contributed by atoms with van der Waals surface area (Å²) < 4.78 is 1.95. The van der Waals surface area contributed by atoms with Gasteiger partial charge in [0.05, 0.1) is 11.3 Å². The summed E-state index contributed by atoms with van der Waals surface area (Å²) in [5.41, 5.74) is 2.35. The van der Waals surface area contributed by atoms with Gasteiger partial charge in [-0.05, 0) is 44.5 Å². The molecule has 0 fully saturated rings. The summed E-state index contributed by atoms with van der Waals surface area (Å²) in [6.45, 7) is 6.72. The summed E-state index contributed by atoms with van der Waals surface area (Å²) in [5.74, 6) is 0. The van der Waals surface area contributed by atoms with Gasteiger partial charge in [-0.25, -0.2) is 0 Å². The summed E-state index contributed by atoms with van der Waals surface area (Å²) in [4.78, 5) is 0. The van der Waals surface area contributed by atoms with E-state index < -0.39 is 5.60 Å². The lowest BCUT2D eigenvalue weighted by Gasteiger charge is -2.23. The summed E-state index contributed by atoms with van der Waals surface area (Å²) in [7, 11) is 0. The van der Waals surface area contributed by atoms with Crippen LogP contribution in [0.3, 0.4) is 0 Å². The molecule has 0 bridgehead atoms. The van der Waals surface area contributed by atoms with Crippen molar-refractivity contribution in [3.63, 3.8) is 0 Å². The van der Waals surface area contributed by atoms with Crippen LogP contribution in [-0.2, 0) is 19.4 Å². The Balaban J connectivity index is 2.11. The quantitative estimate of drug-likeness (QED) is 0.917. The molecule has 0 aliphatic heterocycles. The molecule has 3 nitrogen and oxygen atoms in total. The number of aliphatic hydroxyl groups is 1. The van der Waals surface area contributed by atoms with Gasteiger partial charge in [-0.15, -0.1) is 0 Å². The number of hydrogen-bond donors (Lipinski definition) is 1. The van der Waals surface area contributed by atoms with Crippen LogP contribution < -0.4 is 0 Å². The van der Waals surface area contributed by atoms with E-state index in [1.165, 1.54) is 0 Å². The van der Waals surface area contributed by atoms with Crippen molar-refractivity contribution in [1.29, 1.82) is 0 Å². The van der Waals surface area contributed by atoms with Crippen molar-refractivity contribution in [2.24, 2.45) is 0 Å². The first-order valence-corrected chi connectivity index (χ1v) is 7.27. The first kappa shape index (κ1) is 15.1. The minimum absolute atomic E-state index is 0.588. The Morgan fingerprint density at radius 1 is 1.25 bits per heavy atom. The smallest absolute Gasteiger partial charge is 0.0715 e. The van der Waals surface area contributed by atoms with Crippen molar-refractivity contribution in [3.05, 3.63) is 52.3 Å². The lowest BCUT2D eigenvalue weighted by atomic mass is 9.92. The molecule has 2 rings (SSSR count). The Kier molecular flexibility index (Phi) is 4.51. The number of aromatic nitrogens is 2. The van der Waals surface area contributed by atoms with Gasteiger partial charge >= 0.3 is 0 Å². The Labute approximate surface area is 125 Å². The predicted molar refractivity (Wildman–Crippen MR) is 82.1 cm³/mol. The van der Waals surface area contributed by atoms with Gasteiger partial charge in [0.15, 0.2) is 0 Å². The second-order valence-electron chi connectivity index (χ2n) is 5.57. The zero-order valence-corrected chi connectivity index (χ0v) is 13.0. The number of benzene rings is 1. The van der Waals surface area contributed by atoms with Crippen LogP contribution in [0.2, 0.25) is 5.02 Å². The fourth-order valence-electron chi connectivity index (χ4n) is 2.51. The van der Waals surface area contributed by atoms with Gasteiger partial charge in [-0.2, -0.15) is 5.10 Å². The molecule has 0 radical (unpaired) electrons. The van der Waals surface area contributed by atoms with Gasteiger partial charge in [0, 0.05) is 30.1 Å². The zero-order chi connectivity index (χ0) is 14.8. The maximum atomic E-state index is 10.6. The second-order valence-corrected chi connectivity index (χ2v) is 6.01. The molecule has 4 heteroatoms.